The number of piperidine rings is 1. The molecule has 1 aliphatic rings. The van der Waals surface area contributed by atoms with E-state index >= 15 is 0 Å². The first-order chi connectivity index (χ1) is 12.2. The van der Waals surface area contributed by atoms with E-state index in [9.17, 15) is 4.79 Å². The van der Waals surface area contributed by atoms with Crippen LogP contribution in [0.25, 0.3) is 6.08 Å². The summed E-state index contributed by atoms with van der Waals surface area (Å²) < 4.78 is 5.70. The van der Waals surface area contributed by atoms with E-state index in [4.69, 9.17) is 4.74 Å². The predicted octanol–water partition coefficient (Wildman–Crippen LogP) is 2.98. The fourth-order valence-electron chi connectivity index (χ4n) is 3.39. The van der Waals surface area contributed by atoms with Gasteiger partial charge in [-0.3, -0.25) is 4.79 Å². The molecule has 1 aromatic heterocycles. The standard InChI is InChI=1S/C20H25N3O2/c1-15-5-7-16(8-6-15)12-18-19(25-2)4-3-11-23(18)20(24)10-9-17-13-21-14-22-17/h5-10,13-14,18-19H,3-4,11-12H2,1-2H3,(H,21,22)/b10-9+/t18-,19-/m0/s1. The second-order valence-corrected chi connectivity index (χ2v) is 6.55. The van der Waals surface area contributed by atoms with E-state index in [1.807, 2.05) is 4.90 Å². The fourth-order valence-corrected chi connectivity index (χ4v) is 3.39. The van der Waals surface area contributed by atoms with Gasteiger partial charge in [0.15, 0.2) is 0 Å². The van der Waals surface area contributed by atoms with Crippen molar-refractivity contribution in [1.29, 1.82) is 0 Å². The molecule has 0 spiro atoms. The lowest BCUT2D eigenvalue weighted by Crippen LogP contribution is -2.52. The molecule has 1 aliphatic heterocycles. The zero-order valence-electron chi connectivity index (χ0n) is 14.8. The minimum Gasteiger partial charge on any atom is -0.379 e. The Labute approximate surface area is 148 Å². The van der Waals surface area contributed by atoms with Crippen LogP contribution in [0, 0.1) is 6.92 Å². The van der Waals surface area contributed by atoms with Gasteiger partial charge in [-0.25, -0.2) is 4.98 Å². The Morgan fingerprint density at radius 3 is 2.88 bits per heavy atom. The van der Waals surface area contributed by atoms with Gasteiger partial charge in [-0.15, -0.1) is 0 Å². The maximum Gasteiger partial charge on any atom is 0.246 e. The third-order valence-corrected chi connectivity index (χ3v) is 4.79. The molecule has 0 aliphatic carbocycles. The summed E-state index contributed by atoms with van der Waals surface area (Å²) in [6, 6.07) is 8.56. The summed E-state index contributed by atoms with van der Waals surface area (Å²) in [5.41, 5.74) is 3.30. The van der Waals surface area contributed by atoms with Crippen LogP contribution in [0.5, 0.6) is 0 Å². The molecule has 1 saturated heterocycles. The van der Waals surface area contributed by atoms with Crippen LogP contribution >= 0.6 is 0 Å². The van der Waals surface area contributed by atoms with Gasteiger partial charge in [0.25, 0.3) is 0 Å². The van der Waals surface area contributed by atoms with E-state index < -0.39 is 0 Å². The van der Waals surface area contributed by atoms with Crippen molar-refractivity contribution in [3.8, 4) is 0 Å². The van der Waals surface area contributed by atoms with Gasteiger partial charge in [0.2, 0.25) is 5.91 Å². The number of imidazole rings is 1. The Kier molecular flexibility index (Phi) is 5.66. The topological polar surface area (TPSA) is 58.2 Å². The number of hydrogen-bond donors (Lipinski definition) is 1. The average Bonchev–Trinajstić information content (AvgIpc) is 3.15. The zero-order chi connectivity index (χ0) is 17.6. The van der Waals surface area contributed by atoms with Gasteiger partial charge in [0, 0.05) is 19.7 Å². The quantitative estimate of drug-likeness (QED) is 0.852. The number of nitrogens with one attached hydrogen (secondary N) is 1. The normalized spacial score (nSPS) is 21.0. The van der Waals surface area contributed by atoms with Crippen molar-refractivity contribution < 1.29 is 9.53 Å². The van der Waals surface area contributed by atoms with Gasteiger partial charge in [0.05, 0.1) is 30.4 Å². The van der Waals surface area contributed by atoms with E-state index in [0.717, 1.165) is 31.5 Å². The number of hydrogen-bond acceptors (Lipinski definition) is 3. The van der Waals surface area contributed by atoms with Gasteiger partial charge < -0.3 is 14.6 Å². The van der Waals surface area contributed by atoms with E-state index in [-0.39, 0.29) is 18.1 Å². The molecule has 1 aromatic carbocycles. The smallest absolute Gasteiger partial charge is 0.246 e. The van der Waals surface area contributed by atoms with Crippen LogP contribution in [-0.4, -0.2) is 46.6 Å². The molecule has 0 saturated carbocycles. The van der Waals surface area contributed by atoms with E-state index in [0.29, 0.717) is 0 Å². The van der Waals surface area contributed by atoms with Crippen LogP contribution in [0.3, 0.4) is 0 Å². The number of aromatic nitrogens is 2. The highest BCUT2D eigenvalue weighted by Gasteiger charge is 2.33. The number of nitrogens with zero attached hydrogens (tertiary/aromatic N) is 2. The second kappa shape index (κ2) is 8.12. The maximum atomic E-state index is 12.8. The second-order valence-electron chi connectivity index (χ2n) is 6.55. The number of aryl methyl sites for hydroxylation is 1. The first kappa shape index (κ1) is 17.4. The number of carbonyl (C=O) groups is 1. The third kappa shape index (κ3) is 4.37. The molecular weight excluding hydrogens is 314 g/mol. The number of benzene rings is 1. The lowest BCUT2D eigenvalue weighted by molar-refractivity contribution is -0.134. The van der Waals surface area contributed by atoms with Crippen molar-refractivity contribution in [3.05, 3.63) is 59.7 Å². The van der Waals surface area contributed by atoms with Crippen LogP contribution in [0.2, 0.25) is 0 Å². The van der Waals surface area contributed by atoms with E-state index in [1.165, 1.54) is 11.1 Å². The molecule has 0 bridgehead atoms. The van der Waals surface area contributed by atoms with Crippen molar-refractivity contribution in [3.63, 3.8) is 0 Å². The number of aromatic amines is 1. The summed E-state index contributed by atoms with van der Waals surface area (Å²) in [6.07, 6.45) is 9.52. The van der Waals surface area contributed by atoms with E-state index in [2.05, 4.69) is 41.2 Å². The number of ether oxygens (including phenoxy) is 1. The molecule has 3 rings (SSSR count). The molecule has 0 radical (unpaired) electrons. The summed E-state index contributed by atoms with van der Waals surface area (Å²) in [7, 11) is 1.74. The number of amides is 1. The number of methoxy groups -OCH3 is 1. The highest BCUT2D eigenvalue weighted by atomic mass is 16.5. The van der Waals surface area contributed by atoms with Gasteiger partial charge in [-0.05, 0) is 37.8 Å². The fraction of sp³-hybridized carbons (Fsp3) is 0.400. The summed E-state index contributed by atoms with van der Waals surface area (Å²) in [4.78, 5) is 21.7. The van der Waals surface area contributed by atoms with Crippen molar-refractivity contribution in [2.24, 2.45) is 0 Å². The minimum absolute atomic E-state index is 0.0217. The zero-order valence-corrected chi connectivity index (χ0v) is 14.8. The molecule has 132 valence electrons. The van der Waals surface area contributed by atoms with Crippen LogP contribution < -0.4 is 0 Å². The number of H-pyrrole nitrogens is 1. The maximum absolute atomic E-state index is 12.8. The summed E-state index contributed by atoms with van der Waals surface area (Å²) in [5.74, 6) is 0.0217. The molecule has 2 heterocycles. The van der Waals surface area contributed by atoms with Crippen LogP contribution in [0.4, 0.5) is 0 Å². The first-order valence-electron chi connectivity index (χ1n) is 8.73. The largest absolute Gasteiger partial charge is 0.379 e. The Bertz CT molecular complexity index is 707. The molecular formula is C20H25N3O2. The highest BCUT2D eigenvalue weighted by molar-refractivity contribution is 5.91. The van der Waals surface area contributed by atoms with Gasteiger partial charge in [-0.2, -0.15) is 0 Å². The van der Waals surface area contributed by atoms with Gasteiger partial charge in [0.1, 0.15) is 0 Å². The molecule has 0 unspecified atom stereocenters. The molecule has 25 heavy (non-hydrogen) atoms. The molecule has 2 atom stereocenters. The van der Waals surface area contributed by atoms with Crippen molar-refractivity contribution >= 4 is 12.0 Å². The Hall–Kier alpha value is -2.40. The van der Waals surface area contributed by atoms with Crippen LogP contribution in [0.1, 0.15) is 29.7 Å². The molecule has 5 heteroatoms. The van der Waals surface area contributed by atoms with Crippen molar-refractivity contribution in [1.82, 2.24) is 14.9 Å². The van der Waals surface area contributed by atoms with Crippen LogP contribution in [0.15, 0.2) is 42.9 Å². The van der Waals surface area contributed by atoms with Crippen molar-refractivity contribution in [2.45, 2.75) is 38.3 Å². The molecule has 5 nitrogen and oxygen atoms in total. The Balaban J connectivity index is 1.76. The Morgan fingerprint density at radius 1 is 1.40 bits per heavy atom. The number of likely N-dealkylation sites (tertiary alicyclic amines) is 1. The minimum atomic E-state index is 0.0217. The first-order valence-corrected chi connectivity index (χ1v) is 8.73. The lowest BCUT2D eigenvalue weighted by atomic mass is 9.92. The molecule has 1 fully saturated rings. The molecule has 2 aromatic rings. The summed E-state index contributed by atoms with van der Waals surface area (Å²) in [5, 5.41) is 0. The summed E-state index contributed by atoms with van der Waals surface area (Å²) >= 11 is 0. The van der Waals surface area contributed by atoms with Crippen LogP contribution in [-0.2, 0) is 16.0 Å². The lowest BCUT2D eigenvalue weighted by Gasteiger charge is -2.40. The number of carbonyl (C=O) groups excluding carboxylic acids is 1. The summed E-state index contributed by atoms with van der Waals surface area (Å²) in [6.45, 7) is 2.85. The van der Waals surface area contributed by atoms with Gasteiger partial charge >= 0.3 is 0 Å². The average molecular weight is 339 g/mol. The Morgan fingerprint density at radius 2 is 2.20 bits per heavy atom. The SMILES string of the molecule is CO[C@H]1CCCN(C(=O)/C=C/c2cnc[nH]2)[C@H]1Cc1ccc(C)cc1. The molecule has 1 amide bonds. The van der Waals surface area contributed by atoms with Gasteiger partial charge in [-0.1, -0.05) is 29.8 Å². The predicted molar refractivity (Wildman–Crippen MR) is 98.0 cm³/mol. The van der Waals surface area contributed by atoms with E-state index in [1.54, 1.807) is 31.8 Å². The third-order valence-electron chi connectivity index (χ3n) is 4.79. The molecule has 1 N–H and O–H groups in total. The highest BCUT2D eigenvalue weighted by Crippen LogP contribution is 2.24. The van der Waals surface area contributed by atoms with Crippen molar-refractivity contribution in [2.75, 3.05) is 13.7 Å². The number of rotatable bonds is 5. The monoisotopic (exact) mass is 339 g/mol.